The van der Waals surface area contributed by atoms with Crippen molar-refractivity contribution in [1.82, 2.24) is 0 Å². The van der Waals surface area contributed by atoms with Crippen LogP contribution >= 0.6 is 0 Å². The molecule has 2 aliphatic carbocycles. The minimum Gasteiger partial charge on any atom is -0.393 e. The minimum absolute atomic E-state index is 0.143. The lowest BCUT2D eigenvalue weighted by Gasteiger charge is -2.25. The van der Waals surface area contributed by atoms with E-state index >= 15 is 0 Å². The van der Waals surface area contributed by atoms with E-state index in [0.717, 1.165) is 25.7 Å². The van der Waals surface area contributed by atoms with Crippen LogP contribution in [0.4, 0.5) is 0 Å². The zero-order valence-electron chi connectivity index (χ0n) is 9.99. The van der Waals surface area contributed by atoms with Gasteiger partial charge in [-0.2, -0.15) is 0 Å². The smallest absolute Gasteiger partial charge is 0.141 e. The summed E-state index contributed by atoms with van der Waals surface area (Å²) in [7, 11) is 0. The third kappa shape index (κ3) is 1.96. The van der Waals surface area contributed by atoms with Crippen LogP contribution in [0.1, 0.15) is 46.5 Å². The number of rotatable bonds is 1. The maximum Gasteiger partial charge on any atom is 0.141 e. The molecule has 0 spiro atoms. The van der Waals surface area contributed by atoms with Crippen molar-refractivity contribution >= 4 is 5.78 Å². The summed E-state index contributed by atoms with van der Waals surface area (Å²) >= 11 is 0. The van der Waals surface area contributed by atoms with Crippen molar-refractivity contribution in [1.29, 1.82) is 0 Å². The SMILES string of the molecule is CC(C)(C)C(=O)[C@H]1CC[C@H]2C[C@@H](O)C[C@H]21. The molecular weight excluding hydrogens is 188 g/mol. The second-order valence-electron chi connectivity index (χ2n) is 6.35. The highest BCUT2D eigenvalue weighted by atomic mass is 16.3. The summed E-state index contributed by atoms with van der Waals surface area (Å²) in [5.74, 6) is 1.74. The third-order valence-corrected chi connectivity index (χ3v) is 4.17. The molecule has 0 aliphatic heterocycles. The number of aliphatic hydroxyl groups excluding tert-OH is 1. The Hall–Kier alpha value is -0.370. The molecule has 4 atom stereocenters. The molecule has 15 heavy (non-hydrogen) atoms. The molecule has 0 saturated heterocycles. The maximum absolute atomic E-state index is 12.2. The summed E-state index contributed by atoms with van der Waals surface area (Å²) in [6.45, 7) is 6.02. The van der Waals surface area contributed by atoms with Gasteiger partial charge in [0.15, 0.2) is 0 Å². The molecule has 0 aromatic rings. The Morgan fingerprint density at radius 1 is 1.20 bits per heavy atom. The molecule has 0 radical (unpaired) electrons. The van der Waals surface area contributed by atoms with Crippen molar-refractivity contribution < 1.29 is 9.90 Å². The second-order valence-corrected chi connectivity index (χ2v) is 6.35. The van der Waals surface area contributed by atoms with Crippen molar-refractivity contribution in [3.05, 3.63) is 0 Å². The topological polar surface area (TPSA) is 37.3 Å². The molecule has 2 aliphatic rings. The molecule has 2 heteroatoms. The zero-order chi connectivity index (χ0) is 11.2. The van der Waals surface area contributed by atoms with Gasteiger partial charge < -0.3 is 5.11 Å². The fraction of sp³-hybridized carbons (Fsp3) is 0.923. The van der Waals surface area contributed by atoms with E-state index in [1.165, 1.54) is 0 Å². The largest absolute Gasteiger partial charge is 0.393 e. The van der Waals surface area contributed by atoms with Gasteiger partial charge in [0.25, 0.3) is 0 Å². The van der Waals surface area contributed by atoms with Crippen LogP contribution in [0.2, 0.25) is 0 Å². The molecule has 0 unspecified atom stereocenters. The standard InChI is InChI=1S/C13H22O2/c1-13(2,3)12(15)10-5-4-8-6-9(14)7-11(8)10/h8-11,14H,4-7H2,1-3H3/t8-,9+,10-,11+/m0/s1. The first-order valence-electron chi connectivity index (χ1n) is 6.12. The first-order valence-corrected chi connectivity index (χ1v) is 6.12. The number of Topliss-reactive ketones (excluding diaryl/α,β-unsaturated/α-hetero) is 1. The molecule has 2 rings (SSSR count). The summed E-state index contributed by atoms with van der Waals surface area (Å²) in [5.41, 5.74) is -0.215. The summed E-state index contributed by atoms with van der Waals surface area (Å²) < 4.78 is 0. The van der Waals surface area contributed by atoms with Crippen molar-refractivity contribution in [2.24, 2.45) is 23.2 Å². The first-order chi connectivity index (χ1) is 6.89. The summed E-state index contributed by atoms with van der Waals surface area (Å²) in [5, 5.41) is 9.63. The molecule has 1 N–H and O–H groups in total. The van der Waals surface area contributed by atoms with E-state index in [-0.39, 0.29) is 17.4 Å². The fourth-order valence-corrected chi connectivity index (χ4v) is 3.44. The van der Waals surface area contributed by atoms with Gasteiger partial charge in [0.2, 0.25) is 0 Å². The number of hydrogen-bond donors (Lipinski definition) is 1. The molecule has 86 valence electrons. The zero-order valence-corrected chi connectivity index (χ0v) is 9.99. The Bertz CT molecular complexity index is 264. The van der Waals surface area contributed by atoms with E-state index < -0.39 is 0 Å². The van der Waals surface area contributed by atoms with Crippen molar-refractivity contribution in [2.45, 2.75) is 52.6 Å². The normalized spacial score (nSPS) is 40.5. The number of fused-ring (bicyclic) bond motifs is 1. The van der Waals surface area contributed by atoms with E-state index in [0.29, 0.717) is 17.6 Å². The van der Waals surface area contributed by atoms with Crippen molar-refractivity contribution in [2.75, 3.05) is 0 Å². The number of carbonyl (C=O) groups excluding carboxylic acids is 1. The average Bonchev–Trinajstić information content (AvgIpc) is 2.59. The monoisotopic (exact) mass is 210 g/mol. The van der Waals surface area contributed by atoms with Gasteiger partial charge in [0.1, 0.15) is 5.78 Å². The number of aliphatic hydroxyl groups is 1. The fourth-order valence-electron chi connectivity index (χ4n) is 3.44. The molecule has 2 fully saturated rings. The Balaban J connectivity index is 2.09. The maximum atomic E-state index is 12.2. The minimum atomic E-state index is -0.215. The first kappa shape index (κ1) is 11.1. The highest BCUT2D eigenvalue weighted by molar-refractivity contribution is 5.86. The Morgan fingerprint density at radius 3 is 2.47 bits per heavy atom. The third-order valence-electron chi connectivity index (χ3n) is 4.17. The van der Waals surface area contributed by atoms with Crippen LogP contribution in [-0.4, -0.2) is 17.0 Å². The van der Waals surface area contributed by atoms with Gasteiger partial charge in [-0.3, -0.25) is 4.79 Å². The Morgan fingerprint density at radius 2 is 1.87 bits per heavy atom. The lowest BCUT2D eigenvalue weighted by atomic mass is 9.77. The Labute approximate surface area is 92.1 Å². The highest BCUT2D eigenvalue weighted by Gasteiger charge is 2.47. The molecule has 0 amide bonds. The van der Waals surface area contributed by atoms with Crippen LogP contribution in [-0.2, 0) is 4.79 Å². The van der Waals surface area contributed by atoms with Gasteiger partial charge in [0, 0.05) is 11.3 Å². The molecule has 2 saturated carbocycles. The molecule has 0 aromatic heterocycles. The summed E-state index contributed by atoms with van der Waals surface area (Å²) in [6, 6.07) is 0. The van der Waals surface area contributed by atoms with E-state index in [1.807, 2.05) is 20.8 Å². The van der Waals surface area contributed by atoms with Gasteiger partial charge in [-0.15, -0.1) is 0 Å². The van der Waals surface area contributed by atoms with Crippen LogP contribution < -0.4 is 0 Å². The number of hydrogen-bond acceptors (Lipinski definition) is 2. The molecular formula is C13H22O2. The van der Waals surface area contributed by atoms with Crippen LogP contribution in [0, 0.1) is 23.2 Å². The van der Waals surface area contributed by atoms with Crippen molar-refractivity contribution in [3.8, 4) is 0 Å². The van der Waals surface area contributed by atoms with Gasteiger partial charge in [-0.05, 0) is 37.5 Å². The summed E-state index contributed by atoms with van der Waals surface area (Å²) in [6.07, 6.45) is 3.85. The number of ketones is 1. The van der Waals surface area contributed by atoms with Crippen LogP contribution in [0.3, 0.4) is 0 Å². The highest BCUT2D eigenvalue weighted by Crippen LogP contribution is 2.49. The Kier molecular flexibility index (Phi) is 2.66. The van der Waals surface area contributed by atoms with Gasteiger partial charge >= 0.3 is 0 Å². The van der Waals surface area contributed by atoms with Gasteiger partial charge in [-0.1, -0.05) is 20.8 Å². The van der Waals surface area contributed by atoms with Gasteiger partial charge in [-0.25, -0.2) is 0 Å². The van der Waals surface area contributed by atoms with Crippen LogP contribution in [0.15, 0.2) is 0 Å². The van der Waals surface area contributed by atoms with E-state index in [2.05, 4.69) is 0 Å². The molecule has 0 aromatic carbocycles. The predicted molar refractivity (Wildman–Crippen MR) is 59.4 cm³/mol. The molecule has 0 heterocycles. The number of carbonyl (C=O) groups is 1. The van der Waals surface area contributed by atoms with E-state index in [1.54, 1.807) is 0 Å². The molecule has 0 bridgehead atoms. The van der Waals surface area contributed by atoms with Crippen LogP contribution in [0.5, 0.6) is 0 Å². The van der Waals surface area contributed by atoms with E-state index in [9.17, 15) is 9.90 Å². The van der Waals surface area contributed by atoms with E-state index in [4.69, 9.17) is 0 Å². The second kappa shape index (κ2) is 3.58. The lowest BCUT2D eigenvalue weighted by molar-refractivity contribution is -0.131. The predicted octanol–water partition coefficient (Wildman–Crippen LogP) is 2.40. The van der Waals surface area contributed by atoms with Crippen LogP contribution in [0.25, 0.3) is 0 Å². The summed E-state index contributed by atoms with van der Waals surface area (Å²) in [4.78, 5) is 12.2. The van der Waals surface area contributed by atoms with Gasteiger partial charge in [0.05, 0.1) is 6.10 Å². The average molecular weight is 210 g/mol. The van der Waals surface area contributed by atoms with Crippen molar-refractivity contribution in [3.63, 3.8) is 0 Å². The molecule has 2 nitrogen and oxygen atoms in total. The lowest BCUT2D eigenvalue weighted by Crippen LogP contribution is -2.31. The quantitative estimate of drug-likeness (QED) is 0.721.